The largest absolute Gasteiger partial charge is 0.387 e. The molecule has 0 spiro atoms. The molecule has 0 unspecified atom stereocenters. The number of rotatable bonds is 2. The molecular weight excluding hydrogens is 164 g/mol. The first-order valence-corrected chi connectivity index (χ1v) is 4.53. The molecule has 13 heavy (non-hydrogen) atoms. The van der Waals surface area contributed by atoms with Crippen LogP contribution >= 0.6 is 0 Å². The minimum absolute atomic E-state index is 0.534. The quantitative estimate of drug-likeness (QED) is 0.683. The smallest absolute Gasteiger partial charge is 0.0935 e. The van der Waals surface area contributed by atoms with Gasteiger partial charge >= 0.3 is 0 Å². The molecule has 2 rings (SSSR count). The lowest BCUT2D eigenvalue weighted by atomic mass is 9.89. The summed E-state index contributed by atoms with van der Waals surface area (Å²) in [6.07, 6.45) is 2.49. The highest BCUT2D eigenvalue weighted by molar-refractivity contribution is 5.21. The summed E-state index contributed by atoms with van der Waals surface area (Å²) >= 11 is 0. The number of hydrogen-bond acceptors (Lipinski definition) is 3. The van der Waals surface area contributed by atoms with E-state index in [-0.39, 0.29) is 0 Å². The molecule has 2 heterocycles. The molecule has 1 aliphatic heterocycles. The van der Waals surface area contributed by atoms with Crippen LogP contribution in [0.15, 0.2) is 18.3 Å². The van der Waals surface area contributed by atoms with Crippen LogP contribution in [-0.2, 0) is 6.42 Å². The van der Waals surface area contributed by atoms with Crippen LogP contribution in [0.25, 0.3) is 0 Å². The fourth-order valence-electron chi connectivity index (χ4n) is 1.60. The number of hydrogen-bond donors (Lipinski definition) is 2. The van der Waals surface area contributed by atoms with Gasteiger partial charge in [0.2, 0.25) is 0 Å². The second-order valence-corrected chi connectivity index (χ2v) is 3.75. The molecule has 1 aromatic heterocycles. The van der Waals surface area contributed by atoms with Crippen LogP contribution in [0.1, 0.15) is 11.3 Å². The zero-order valence-electron chi connectivity index (χ0n) is 7.75. The number of aliphatic hydroxyl groups is 1. The summed E-state index contributed by atoms with van der Waals surface area (Å²) in [5, 5.41) is 13.0. The van der Waals surface area contributed by atoms with E-state index < -0.39 is 5.60 Å². The van der Waals surface area contributed by atoms with Gasteiger partial charge in [-0.1, -0.05) is 6.07 Å². The Bertz CT molecular complexity index is 308. The van der Waals surface area contributed by atoms with E-state index in [0.717, 1.165) is 11.3 Å². The summed E-state index contributed by atoms with van der Waals surface area (Å²) in [4.78, 5) is 4.19. The standard InChI is InChI=1S/C10H14N2O/c1-8-9(3-2-4-12-8)5-10(13)6-11-7-10/h2-4,11,13H,5-7H2,1H3. The topological polar surface area (TPSA) is 45.2 Å². The molecular formula is C10H14N2O. The number of nitrogens with one attached hydrogen (secondary N) is 1. The van der Waals surface area contributed by atoms with Gasteiger partial charge in [0.25, 0.3) is 0 Å². The summed E-state index contributed by atoms with van der Waals surface area (Å²) in [6.45, 7) is 3.37. The maximum Gasteiger partial charge on any atom is 0.0935 e. The van der Waals surface area contributed by atoms with Crippen LogP contribution < -0.4 is 5.32 Å². The highest BCUT2D eigenvalue weighted by Crippen LogP contribution is 2.18. The van der Waals surface area contributed by atoms with Gasteiger partial charge < -0.3 is 10.4 Å². The minimum atomic E-state index is -0.534. The molecule has 0 aromatic carbocycles. The Morgan fingerprint density at radius 3 is 2.92 bits per heavy atom. The molecule has 1 fully saturated rings. The molecule has 1 aliphatic rings. The third kappa shape index (κ3) is 1.71. The van der Waals surface area contributed by atoms with Gasteiger partial charge in [-0.3, -0.25) is 4.98 Å². The Morgan fingerprint density at radius 1 is 1.62 bits per heavy atom. The van der Waals surface area contributed by atoms with E-state index in [0.29, 0.717) is 19.5 Å². The SMILES string of the molecule is Cc1ncccc1CC1(O)CNC1. The normalized spacial score (nSPS) is 19.5. The predicted molar refractivity (Wildman–Crippen MR) is 50.5 cm³/mol. The van der Waals surface area contributed by atoms with Crippen molar-refractivity contribution < 1.29 is 5.11 Å². The first-order chi connectivity index (χ1) is 6.20. The van der Waals surface area contributed by atoms with Gasteiger partial charge in [-0.2, -0.15) is 0 Å². The molecule has 0 aliphatic carbocycles. The van der Waals surface area contributed by atoms with Crippen molar-refractivity contribution in [3.63, 3.8) is 0 Å². The van der Waals surface area contributed by atoms with Gasteiger partial charge in [0.1, 0.15) is 0 Å². The lowest BCUT2D eigenvalue weighted by Gasteiger charge is -2.37. The van der Waals surface area contributed by atoms with E-state index in [1.54, 1.807) is 6.20 Å². The monoisotopic (exact) mass is 178 g/mol. The van der Waals surface area contributed by atoms with Gasteiger partial charge in [-0.15, -0.1) is 0 Å². The molecule has 0 saturated carbocycles. The third-order valence-electron chi connectivity index (χ3n) is 2.54. The fourth-order valence-corrected chi connectivity index (χ4v) is 1.60. The third-order valence-corrected chi connectivity index (χ3v) is 2.54. The highest BCUT2D eigenvalue weighted by Gasteiger charge is 2.34. The average molecular weight is 178 g/mol. The Labute approximate surface area is 77.8 Å². The molecule has 1 aromatic rings. The average Bonchev–Trinajstić information content (AvgIpc) is 2.06. The van der Waals surface area contributed by atoms with Crippen molar-refractivity contribution in [1.29, 1.82) is 0 Å². The van der Waals surface area contributed by atoms with Gasteiger partial charge in [-0.25, -0.2) is 0 Å². The zero-order valence-corrected chi connectivity index (χ0v) is 7.75. The van der Waals surface area contributed by atoms with Gasteiger partial charge in [0, 0.05) is 31.4 Å². The fraction of sp³-hybridized carbons (Fsp3) is 0.500. The predicted octanol–water partition coefficient (Wildman–Crippen LogP) is 0.267. The van der Waals surface area contributed by atoms with Gasteiger partial charge in [0.15, 0.2) is 0 Å². The van der Waals surface area contributed by atoms with Crippen LogP contribution in [-0.4, -0.2) is 28.8 Å². The first-order valence-electron chi connectivity index (χ1n) is 4.53. The Balaban J connectivity index is 2.13. The van der Waals surface area contributed by atoms with Crippen LogP contribution in [0, 0.1) is 6.92 Å². The van der Waals surface area contributed by atoms with E-state index in [1.165, 1.54) is 0 Å². The van der Waals surface area contributed by atoms with Crippen molar-refractivity contribution in [2.45, 2.75) is 18.9 Å². The molecule has 3 heteroatoms. The maximum absolute atomic E-state index is 9.90. The molecule has 0 radical (unpaired) electrons. The molecule has 0 amide bonds. The van der Waals surface area contributed by atoms with E-state index in [4.69, 9.17) is 0 Å². The minimum Gasteiger partial charge on any atom is -0.387 e. The van der Waals surface area contributed by atoms with Crippen molar-refractivity contribution in [2.75, 3.05) is 13.1 Å². The van der Waals surface area contributed by atoms with Crippen LogP contribution in [0.3, 0.4) is 0 Å². The lowest BCUT2D eigenvalue weighted by molar-refractivity contribution is -0.00921. The second-order valence-electron chi connectivity index (χ2n) is 3.75. The molecule has 3 nitrogen and oxygen atoms in total. The summed E-state index contributed by atoms with van der Waals surface area (Å²) in [5.41, 5.74) is 1.63. The second kappa shape index (κ2) is 3.09. The summed E-state index contributed by atoms with van der Waals surface area (Å²) in [6, 6.07) is 3.94. The summed E-state index contributed by atoms with van der Waals surface area (Å²) < 4.78 is 0. The Kier molecular flexibility index (Phi) is 2.06. The Morgan fingerprint density at radius 2 is 2.38 bits per heavy atom. The number of nitrogens with zero attached hydrogens (tertiary/aromatic N) is 1. The summed E-state index contributed by atoms with van der Waals surface area (Å²) in [5.74, 6) is 0. The number of aryl methyl sites for hydroxylation is 1. The van der Waals surface area contributed by atoms with Gasteiger partial charge in [-0.05, 0) is 18.6 Å². The summed E-state index contributed by atoms with van der Waals surface area (Å²) in [7, 11) is 0. The molecule has 70 valence electrons. The van der Waals surface area contributed by atoms with Crippen LogP contribution in [0.4, 0.5) is 0 Å². The molecule has 2 N–H and O–H groups in total. The van der Waals surface area contributed by atoms with Crippen molar-refractivity contribution in [3.8, 4) is 0 Å². The molecule has 1 saturated heterocycles. The lowest BCUT2D eigenvalue weighted by Crippen LogP contribution is -2.60. The maximum atomic E-state index is 9.90. The molecule has 0 atom stereocenters. The highest BCUT2D eigenvalue weighted by atomic mass is 16.3. The molecule has 0 bridgehead atoms. The zero-order chi connectivity index (χ0) is 9.31. The van der Waals surface area contributed by atoms with E-state index in [9.17, 15) is 5.11 Å². The van der Waals surface area contributed by atoms with Crippen molar-refractivity contribution in [2.24, 2.45) is 0 Å². The van der Waals surface area contributed by atoms with Crippen LogP contribution in [0.2, 0.25) is 0 Å². The number of β-amino-alcohol motifs (C(OH)–C–C–N with tert-alkyl or cyclic N) is 1. The van der Waals surface area contributed by atoms with Crippen LogP contribution in [0.5, 0.6) is 0 Å². The van der Waals surface area contributed by atoms with Crippen molar-refractivity contribution in [1.82, 2.24) is 10.3 Å². The van der Waals surface area contributed by atoms with Crippen molar-refractivity contribution >= 4 is 0 Å². The first kappa shape index (κ1) is 8.66. The van der Waals surface area contributed by atoms with Gasteiger partial charge in [0.05, 0.1) is 5.60 Å². The van der Waals surface area contributed by atoms with E-state index >= 15 is 0 Å². The van der Waals surface area contributed by atoms with E-state index in [2.05, 4.69) is 10.3 Å². The van der Waals surface area contributed by atoms with Crippen molar-refractivity contribution in [3.05, 3.63) is 29.6 Å². The van der Waals surface area contributed by atoms with E-state index in [1.807, 2.05) is 19.1 Å². The Hall–Kier alpha value is -0.930. The number of aromatic nitrogens is 1. The number of pyridine rings is 1.